The maximum Gasteiger partial charge on any atom is 0.125 e. The van der Waals surface area contributed by atoms with Crippen molar-refractivity contribution < 1.29 is 5.11 Å². The minimum Gasteiger partial charge on any atom is -0.384 e. The summed E-state index contributed by atoms with van der Waals surface area (Å²) in [6.45, 7) is 5.25. The number of aliphatic hydroxyl groups excluding tert-OH is 1. The number of hydrogen-bond donors (Lipinski definition) is 1. The topological polar surface area (TPSA) is 46.0 Å². The van der Waals surface area contributed by atoms with Gasteiger partial charge in [0.15, 0.2) is 0 Å². The second kappa shape index (κ2) is 3.25. The van der Waals surface area contributed by atoms with Gasteiger partial charge in [-0.3, -0.25) is 0 Å². The fraction of sp³-hybridized carbons (Fsp3) is 0.250. The molecule has 11 heavy (non-hydrogen) atoms. The van der Waals surface area contributed by atoms with Crippen molar-refractivity contribution in [2.24, 2.45) is 0 Å². The van der Waals surface area contributed by atoms with Crippen molar-refractivity contribution >= 4 is 0 Å². The third kappa shape index (κ3) is 1.85. The maximum atomic E-state index is 9.22. The summed E-state index contributed by atoms with van der Waals surface area (Å²) in [4.78, 5) is 7.86. The second-order valence-electron chi connectivity index (χ2n) is 2.24. The van der Waals surface area contributed by atoms with Crippen LogP contribution in [0.4, 0.5) is 0 Å². The van der Waals surface area contributed by atoms with Crippen LogP contribution in [0.3, 0.4) is 0 Å². The molecular weight excluding hydrogens is 140 g/mol. The molecule has 0 bridgehead atoms. The summed E-state index contributed by atoms with van der Waals surface area (Å²) in [5, 5.41) is 9.22. The highest BCUT2D eigenvalue weighted by molar-refractivity contribution is 5.12. The zero-order valence-electron chi connectivity index (χ0n) is 6.36. The van der Waals surface area contributed by atoms with Crippen LogP contribution in [-0.4, -0.2) is 15.1 Å². The lowest BCUT2D eigenvalue weighted by Crippen LogP contribution is -1.96. The summed E-state index contributed by atoms with van der Waals surface area (Å²) in [7, 11) is 0. The Labute approximate surface area is 65.4 Å². The number of hydrogen-bond acceptors (Lipinski definition) is 3. The van der Waals surface area contributed by atoms with E-state index in [1.807, 2.05) is 0 Å². The van der Waals surface area contributed by atoms with Crippen molar-refractivity contribution in [1.29, 1.82) is 0 Å². The minimum absolute atomic E-state index is 0.657. The van der Waals surface area contributed by atoms with Gasteiger partial charge in [0, 0.05) is 18.0 Å². The molecule has 1 rings (SSSR count). The average Bonchev–Trinajstić information content (AvgIpc) is 2.05. The highest BCUT2D eigenvalue weighted by Gasteiger charge is 2.01. The molecule has 0 saturated carbocycles. The molecule has 0 radical (unpaired) electrons. The molecular formula is C8H10N2O. The molecule has 0 fully saturated rings. The van der Waals surface area contributed by atoms with E-state index in [2.05, 4.69) is 16.5 Å². The Morgan fingerprint density at radius 2 is 2.09 bits per heavy atom. The molecule has 3 heteroatoms. The zero-order chi connectivity index (χ0) is 8.27. The third-order valence-electron chi connectivity index (χ3n) is 1.37. The predicted molar refractivity (Wildman–Crippen MR) is 41.9 cm³/mol. The van der Waals surface area contributed by atoms with Gasteiger partial charge >= 0.3 is 0 Å². The summed E-state index contributed by atoms with van der Waals surface area (Å²) in [5.41, 5.74) is 0.672. The van der Waals surface area contributed by atoms with Crippen molar-refractivity contribution in [3.63, 3.8) is 0 Å². The molecule has 58 valence electrons. The van der Waals surface area contributed by atoms with E-state index in [4.69, 9.17) is 0 Å². The first-order chi connectivity index (χ1) is 5.24. The first-order valence-electron chi connectivity index (χ1n) is 3.33. The third-order valence-corrected chi connectivity index (χ3v) is 1.37. The quantitative estimate of drug-likeness (QED) is 0.640. The van der Waals surface area contributed by atoms with Crippen LogP contribution >= 0.6 is 0 Å². The molecule has 0 spiro atoms. The summed E-state index contributed by atoms with van der Waals surface area (Å²) < 4.78 is 0. The second-order valence-corrected chi connectivity index (χ2v) is 2.24. The summed E-state index contributed by atoms with van der Waals surface area (Å²) in [6.07, 6.45) is 3.97. The van der Waals surface area contributed by atoms with Crippen LogP contribution in [0, 0.1) is 6.92 Å². The van der Waals surface area contributed by atoms with Crippen molar-refractivity contribution in [2.75, 3.05) is 0 Å². The van der Waals surface area contributed by atoms with Crippen molar-refractivity contribution in [3.05, 3.63) is 36.4 Å². The normalized spacial score (nSPS) is 12.5. The van der Waals surface area contributed by atoms with Gasteiger partial charge in [0.1, 0.15) is 5.82 Å². The van der Waals surface area contributed by atoms with E-state index >= 15 is 0 Å². The van der Waals surface area contributed by atoms with Crippen LogP contribution < -0.4 is 0 Å². The number of nitrogens with zero attached hydrogens (tertiary/aromatic N) is 2. The molecule has 1 aromatic heterocycles. The van der Waals surface area contributed by atoms with Crippen LogP contribution in [0.2, 0.25) is 0 Å². The fourth-order valence-corrected chi connectivity index (χ4v) is 0.691. The van der Waals surface area contributed by atoms with E-state index in [0.29, 0.717) is 11.4 Å². The fourth-order valence-electron chi connectivity index (χ4n) is 0.691. The number of aliphatic hydroxyl groups is 1. The highest BCUT2D eigenvalue weighted by Crippen LogP contribution is 2.09. The van der Waals surface area contributed by atoms with Crippen LogP contribution in [0.1, 0.15) is 17.5 Å². The lowest BCUT2D eigenvalue weighted by atomic mass is 10.2. The Kier molecular flexibility index (Phi) is 2.33. The molecule has 0 aliphatic carbocycles. The molecule has 3 nitrogen and oxygen atoms in total. The molecule has 1 aromatic rings. The van der Waals surface area contributed by atoms with Crippen molar-refractivity contribution in [2.45, 2.75) is 13.0 Å². The number of aryl methyl sites for hydroxylation is 1. The van der Waals surface area contributed by atoms with Gasteiger partial charge in [-0.05, 0) is 6.92 Å². The van der Waals surface area contributed by atoms with Gasteiger partial charge in [-0.15, -0.1) is 6.58 Å². The smallest absolute Gasteiger partial charge is 0.125 e. The van der Waals surface area contributed by atoms with Crippen LogP contribution in [0.15, 0.2) is 25.0 Å². The molecule has 0 aliphatic heterocycles. The van der Waals surface area contributed by atoms with Crippen LogP contribution in [-0.2, 0) is 0 Å². The van der Waals surface area contributed by atoms with E-state index in [9.17, 15) is 5.11 Å². The van der Waals surface area contributed by atoms with E-state index in [0.717, 1.165) is 0 Å². The summed E-state index contributed by atoms with van der Waals surface area (Å²) >= 11 is 0. The molecule has 1 N–H and O–H groups in total. The van der Waals surface area contributed by atoms with Gasteiger partial charge in [-0.25, -0.2) is 9.97 Å². The Bertz CT molecular complexity index is 243. The molecule has 0 aromatic carbocycles. The van der Waals surface area contributed by atoms with E-state index in [1.165, 1.54) is 6.08 Å². The summed E-state index contributed by atoms with van der Waals surface area (Å²) in [5.74, 6) is 0.699. The molecule has 1 heterocycles. The van der Waals surface area contributed by atoms with E-state index in [1.54, 1.807) is 19.3 Å². The first-order valence-corrected chi connectivity index (χ1v) is 3.33. The lowest BCUT2D eigenvalue weighted by molar-refractivity contribution is 0.228. The van der Waals surface area contributed by atoms with Crippen LogP contribution in [0.5, 0.6) is 0 Å². The Hall–Kier alpha value is -1.22. The first kappa shape index (κ1) is 7.88. The van der Waals surface area contributed by atoms with Gasteiger partial charge in [0.05, 0.1) is 6.10 Å². The van der Waals surface area contributed by atoms with E-state index in [-0.39, 0.29) is 0 Å². The van der Waals surface area contributed by atoms with E-state index < -0.39 is 6.10 Å². The maximum absolute atomic E-state index is 9.22. The summed E-state index contributed by atoms with van der Waals surface area (Å²) in [6, 6.07) is 0. The number of rotatable bonds is 2. The SMILES string of the molecule is C=CC(O)c1cnc(C)nc1. The minimum atomic E-state index is -0.657. The van der Waals surface area contributed by atoms with Gasteiger partial charge in [0.2, 0.25) is 0 Å². The predicted octanol–water partition coefficient (Wildman–Crippen LogP) is 1.00. The highest BCUT2D eigenvalue weighted by atomic mass is 16.3. The van der Waals surface area contributed by atoms with Crippen LogP contribution in [0.25, 0.3) is 0 Å². The average molecular weight is 150 g/mol. The largest absolute Gasteiger partial charge is 0.384 e. The van der Waals surface area contributed by atoms with Gasteiger partial charge in [0.25, 0.3) is 0 Å². The monoisotopic (exact) mass is 150 g/mol. The number of aromatic nitrogens is 2. The van der Waals surface area contributed by atoms with Crippen molar-refractivity contribution in [1.82, 2.24) is 9.97 Å². The Balaban J connectivity index is 2.89. The Morgan fingerprint density at radius 3 is 2.55 bits per heavy atom. The molecule has 0 aliphatic rings. The zero-order valence-corrected chi connectivity index (χ0v) is 6.36. The molecule has 0 amide bonds. The Morgan fingerprint density at radius 1 is 1.55 bits per heavy atom. The van der Waals surface area contributed by atoms with Gasteiger partial charge in [-0.2, -0.15) is 0 Å². The standard InChI is InChI=1S/C8H10N2O/c1-3-8(11)7-4-9-6(2)10-5-7/h3-5,8,11H,1H2,2H3. The van der Waals surface area contributed by atoms with Gasteiger partial charge < -0.3 is 5.11 Å². The van der Waals surface area contributed by atoms with Gasteiger partial charge in [-0.1, -0.05) is 6.08 Å². The molecule has 1 atom stereocenters. The lowest BCUT2D eigenvalue weighted by Gasteiger charge is -2.02. The molecule has 1 unspecified atom stereocenters. The van der Waals surface area contributed by atoms with Crippen molar-refractivity contribution in [3.8, 4) is 0 Å². The molecule has 0 saturated heterocycles.